The first-order valence-electron chi connectivity index (χ1n) is 9.57. The molecule has 30 heavy (non-hydrogen) atoms. The van der Waals surface area contributed by atoms with Crippen LogP contribution in [0.25, 0.3) is 0 Å². The Kier molecular flexibility index (Phi) is 5.14. The van der Waals surface area contributed by atoms with Gasteiger partial charge in [0.1, 0.15) is 0 Å². The first-order chi connectivity index (χ1) is 14.6. The van der Waals surface area contributed by atoms with Gasteiger partial charge >= 0.3 is 0 Å². The quantitative estimate of drug-likeness (QED) is 0.634. The fourth-order valence-electron chi connectivity index (χ4n) is 3.83. The average molecular weight is 402 g/mol. The number of rotatable bonds is 6. The molecule has 1 aliphatic heterocycles. The minimum Gasteiger partial charge on any atom is -0.493 e. The van der Waals surface area contributed by atoms with Crippen LogP contribution in [0.1, 0.15) is 12.0 Å². The molecule has 0 radical (unpaired) electrons. The molecule has 1 heterocycles. The Labute approximate surface area is 175 Å². The zero-order valence-corrected chi connectivity index (χ0v) is 16.8. The van der Waals surface area contributed by atoms with E-state index >= 15 is 0 Å². The zero-order valence-electron chi connectivity index (χ0n) is 16.8. The molecule has 1 aliphatic rings. The largest absolute Gasteiger partial charge is 0.493 e. The molecule has 6 nitrogen and oxygen atoms in total. The number of nitrogens with zero attached hydrogens (tertiary/aromatic N) is 1. The normalized spacial score (nSPS) is 17.8. The summed E-state index contributed by atoms with van der Waals surface area (Å²) < 4.78 is 10.8. The van der Waals surface area contributed by atoms with Crippen molar-refractivity contribution < 1.29 is 19.1 Å². The zero-order chi connectivity index (χ0) is 21.1. The van der Waals surface area contributed by atoms with Gasteiger partial charge in [-0.2, -0.15) is 0 Å². The van der Waals surface area contributed by atoms with Gasteiger partial charge in [-0.25, -0.2) is 0 Å². The number of carbonyl (C=O) groups excluding carboxylic acids is 2. The van der Waals surface area contributed by atoms with Gasteiger partial charge in [0.05, 0.1) is 20.6 Å². The smallest absolute Gasteiger partial charge is 0.255 e. The standard InChI is InChI=1S/C24H22N2O4/c1-29-20-14-13-17(15-21(20)30-2)24(23(28)25-18-9-5-3-6-10-18)16-22(27)26(24)19-11-7-4-8-12-19/h3-15H,16H2,1-2H3,(H,25,28). The molecule has 0 saturated carbocycles. The fraction of sp³-hybridized carbons (Fsp3) is 0.167. The number of anilines is 2. The lowest BCUT2D eigenvalue weighted by Gasteiger charge is -2.50. The molecule has 1 atom stereocenters. The van der Waals surface area contributed by atoms with Crippen molar-refractivity contribution >= 4 is 23.2 Å². The molecule has 1 N–H and O–H groups in total. The molecule has 0 bridgehead atoms. The first kappa shape index (κ1) is 19.5. The van der Waals surface area contributed by atoms with Crippen molar-refractivity contribution in [1.82, 2.24) is 0 Å². The second-order valence-electron chi connectivity index (χ2n) is 6.99. The van der Waals surface area contributed by atoms with Crippen LogP contribution in [0.5, 0.6) is 11.5 Å². The van der Waals surface area contributed by atoms with Gasteiger partial charge in [-0.05, 0) is 42.0 Å². The molecule has 1 fully saturated rings. The van der Waals surface area contributed by atoms with E-state index in [2.05, 4.69) is 5.32 Å². The predicted octanol–water partition coefficient (Wildman–Crippen LogP) is 3.97. The summed E-state index contributed by atoms with van der Waals surface area (Å²) in [5, 5.41) is 2.96. The summed E-state index contributed by atoms with van der Waals surface area (Å²) in [4.78, 5) is 27.9. The van der Waals surface area contributed by atoms with Crippen molar-refractivity contribution in [2.24, 2.45) is 0 Å². The number of para-hydroxylation sites is 2. The van der Waals surface area contributed by atoms with Crippen LogP contribution in [0.4, 0.5) is 11.4 Å². The number of methoxy groups -OCH3 is 2. The van der Waals surface area contributed by atoms with E-state index in [-0.39, 0.29) is 18.2 Å². The Morgan fingerprint density at radius 2 is 1.53 bits per heavy atom. The molecule has 152 valence electrons. The van der Waals surface area contributed by atoms with E-state index in [9.17, 15) is 9.59 Å². The Morgan fingerprint density at radius 3 is 2.13 bits per heavy atom. The Bertz CT molecular complexity index is 1070. The van der Waals surface area contributed by atoms with Crippen LogP contribution < -0.4 is 19.7 Å². The fourth-order valence-corrected chi connectivity index (χ4v) is 3.83. The average Bonchev–Trinajstić information content (AvgIpc) is 2.78. The van der Waals surface area contributed by atoms with Crippen LogP contribution in [0.3, 0.4) is 0 Å². The Hall–Kier alpha value is -3.80. The highest BCUT2D eigenvalue weighted by atomic mass is 16.5. The van der Waals surface area contributed by atoms with Gasteiger partial charge in [0.25, 0.3) is 5.91 Å². The Morgan fingerprint density at radius 1 is 0.900 bits per heavy atom. The third-order valence-corrected chi connectivity index (χ3v) is 5.32. The molecule has 3 aromatic rings. The molecule has 3 aromatic carbocycles. The molecular weight excluding hydrogens is 380 g/mol. The molecule has 2 amide bonds. The number of carbonyl (C=O) groups is 2. The molecule has 0 aromatic heterocycles. The predicted molar refractivity (Wildman–Crippen MR) is 115 cm³/mol. The summed E-state index contributed by atoms with van der Waals surface area (Å²) in [6, 6.07) is 23.7. The molecule has 1 saturated heterocycles. The van der Waals surface area contributed by atoms with Crippen molar-refractivity contribution in [2.75, 3.05) is 24.4 Å². The van der Waals surface area contributed by atoms with E-state index in [4.69, 9.17) is 9.47 Å². The van der Waals surface area contributed by atoms with Gasteiger partial charge in [0.15, 0.2) is 17.0 Å². The maximum absolute atomic E-state index is 13.6. The van der Waals surface area contributed by atoms with E-state index < -0.39 is 5.54 Å². The highest BCUT2D eigenvalue weighted by Gasteiger charge is 2.58. The number of ether oxygens (including phenoxy) is 2. The van der Waals surface area contributed by atoms with Crippen molar-refractivity contribution in [3.05, 3.63) is 84.4 Å². The van der Waals surface area contributed by atoms with Crippen LogP contribution in [-0.4, -0.2) is 26.0 Å². The van der Waals surface area contributed by atoms with Gasteiger partial charge in [0, 0.05) is 11.4 Å². The minimum atomic E-state index is -1.20. The summed E-state index contributed by atoms with van der Waals surface area (Å²) in [5.41, 5.74) is 0.770. The topological polar surface area (TPSA) is 67.9 Å². The monoisotopic (exact) mass is 402 g/mol. The first-order valence-corrected chi connectivity index (χ1v) is 9.57. The lowest BCUT2D eigenvalue weighted by Crippen LogP contribution is -2.67. The van der Waals surface area contributed by atoms with Crippen LogP contribution in [0, 0.1) is 0 Å². The van der Waals surface area contributed by atoms with Gasteiger partial charge in [0.2, 0.25) is 5.91 Å². The maximum atomic E-state index is 13.6. The van der Waals surface area contributed by atoms with Crippen molar-refractivity contribution in [3.8, 4) is 11.5 Å². The molecule has 0 aliphatic carbocycles. The minimum absolute atomic E-state index is 0.0516. The number of hydrogen-bond donors (Lipinski definition) is 1. The third-order valence-electron chi connectivity index (χ3n) is 5.32. The van der Waals surface area contributed by atoms with Crippen molar-refractivity contribution in [2.45, 2.75) is 12.0 Å². The number of β-lactam (4-membered cyclic amide) rings is 1. The van der Waals surface area contributed by atoms with Crippen molar-refractivity contribution in [1.29, 1.82) is 0 Å². The summed E-state index contributed by atoms with van der Waals surface area (Å²) >= 11 is 0. The third kappa shape index (κ3) is 3.16. The summed E-state index contributed by atoms with van der Waals surface area (Å²) in [7, 11) is 3.10. The number of benzene rings is 3. The number of hydrogen-bond acceptors (Lipinski definition) is 4. The highest BCUT2D eigenvalue weighted by molar-refractivity contribution is 6.17. The maximum Gasteiger partial charge on any atom is 0.255 e. The van der Waals surface area contributed by atoms with Crippen LogP contribution in [-0.2, 0) is 15.1 Å². The second kappa shape index (κ2) is 7.91. The van der Waals surface area contributed by atoms with E-state index in [0.29, 0.717) is 28.4 Å². The van der Waals surface area contributed by atoms with Gasteiger partial charge in [-0.15, -0.1) is 0 Å². The number of nitrogens with one attached hydrogen (secondary N) is 1. The van der Waals surface area contributed by atoms with Crippen LogP contribution >= 0.6 is 0 Å². The summed E-state index contributed by atoms with van der Waals surface area (Å²) in [6.45, 7) is 0. The van der Waals surface area contributed by atoms with Gasteiger partial charge < -0.3 is 14.8 Å². The summed E-state index contributed by atoms with van der Waals surface area (Å²) in [5.74, 6) is 0.634. The van der Waals surface area contributed by atoms with Crippen LogP contribution in [0.2, 0.25) is 0 Å². The van der Waals surface area contributed by atoms with E-state index in [1.54, 1.807) is 37.3 Å². The highest BCUT2D eigenvalue weighted by Crippen LogP contribution is 2.47. The molecule has 4 rings (SSSR count). The number of amides is 2. The summed E-state index contributed by atoms with van der Waals surface area (Å²) in [6.07, 6.45) is 0.0516. The van der Waals surface area contributed by atoms with Crippen molar-refractivity contribution in [3.63, 3.8) is 0 Å². The lowest BCUT2D eigenvalue weighted by molar-refractivity contribution is -0.137. The van der Waals surface area contributed by atoms with E-state index in [1.807, 2.05) is 60.7 Å². The molecular formula is C24H22N2O4. The molecule has 1 unspecified atom stereocenters. The molecule has 6 heteroatoms. The van der Waals surface area contributed by atoms with Gasteiger partial charge in [-0.1, -0.05) is 42.5 Å². The Balaban J connectivity index is 1.83. The lowest BCUT2D eigenvalue weighted by atomic mass is 9.75. The van der Waals surface area contributed by atoms with E-state index in [0.717, 1.165) is 0 Å². The van der Waals surface area contributed by atoms with E-state index in [1.165, 1.54) is 0 Å². The molecule has 0 spiro atoms. The van der Waals surface area contributed by atoms with Gasteiger partial charge in [-0.3, -0.25) is 14.5 Å². The van der Waals surface area contributed by atoms with Crippen LogP contribution in [0.15, 0.2) is 78.9 Å². The SMILES string of the molecule is COc1ccc(C2(C(=O)Nc3ccccc3)CC(=O)N2c2ccccc2)cc1OC. The second-order valence-corrected chi connectivity index (χ2v) is 6.99.